The van der Waals surface area contributed by atoms with E-state index in [9.17, 15) is 24.5 Å². The Balaban J connectivity index is 1.58. The van der Waals surface area contributed by atoms with Crippen LogP contribution in [0.15, 0.2) is 64.9 Å². The van der Waals surface area contributed by atoms with Gasteiger partial charge in [0.25, 0.3) is 17.5 Å². The maximum Gasteiger partial charge on any atom is 0.338 e. The summed E-state index contributed by atoms with van der Waals surface area (Å²) in [4.78, 5) is 47.0. The average molecular weight is 456 g/mol. The second-order valence-electron chi connectivity index (χ2n) is 6.21. The summed E-state index contributed by atoms with van der Waals surface area (Å²) in [6, 6.07) is 11.9. The van der Waals surface area contributed by atoms with E-state index in [-0.39, 0.29) is 16.1 Å². The highest BCUT2D eigenvalue weighted by atomic mass is 32.2. The molecule has 164 valence electrons. The summed E-state index contributed by atoms with van der Waals surface area (Å²) in [6.07, 6.45) is 1.45. The van der Waals surface area contributed by atoms with E-state index in [0.29, 0.717) is 10.7 Å². The molecule has 0 saturated heterocycles. The number of ether oxygens (including phenoxy) is 1. The number of hydrogen-bond donors (Lipinski definition) is 2. The molecule has 13 heteroatoms. The van der Waals surface area contributed by atoms with Crippen molar-refractivity contribution in [3.8, 4) is 0 Å². The minimum absolute atomic E-state index is 0.111. The standard InChI is InChI=1S/C19H16N6O6S/c1-24-11-20-23-19(24)32-15-8-7-13(9-14(15)25(29)30)18(28)31-10-16(26)21-22-17(27)12-5-3-2-4-6-12/h2-9,11H,10H2,1H3,(H,21,26)(H,22,27). The molecule has 0 spiro atoms. The molecule has 3 rings (SSSR count). The topological polar surface area (TPSA) is 158 Å². The number of nitro groups is 1. The SMILES string of the molecule is Cn1cnnc1Sc1ccc(C(=O)OCC(=O)NNC(=O)c2ccccc2)cc1[N+](=O)[O-]. The van der Waals surface area contributed by atoms with Crippen LogP contribution in [0.1, 0.15) is 20.7 Å². The first-order chi connectivity index (χ1) is 15.3. The first-order valence-electron chi connectivity index (χ1n) is 8.97. The molecule has 0 saturated carbocycles. The molecule has 2 aromatic carbocycles. The molecule has 0 bridgehead atoms. The number of nitro benzene ring substituents is 1. The quantitative estimate of drug-likeness (QED) is 0.305. The van der Waals surface area contributed by atoms with Crippen molar-refractivity contribution >= 4 is 35.2 Å². The number of benzene rings is 2. The molecule has 0 aliphatic rings. The zero-order valence-electron chi connectivity index (χ0n) is 16.5. The Kier molecular flexibility index (Phi) is 7.13. The van der Waals surface area contributed by atoms with Crippen LogP contribution in [0.4, 0.5) is 5.69 Å². The third-order valence-electron chi connectivity index (χ3n) is 3.95. The molecule has 0 radical (unpaired) electrons. The van der Waals surface area contributed by atoms with Crippen LogP contribution in [0, 0.1) is 10.1 Å². The number of rotatable bonds is 7. The van der Waals surface area contributed by atoms with E-state index in [2.05, 4.69) is 21.0 Å². The Labute approximate surface area is 185 Å². The number of amides is 2. The van der Waals surface area contributed by atoms with Crippen molar-refractivity contribution < 1.29 is 24.0 Å². The summed E-state index contributed by atoms with van der Waals surface area (Å²) >= 11 is 1.01. The average Bonchev–Trinajstić information content (AvgIpc) is 3.20. The van der Waals surface area contributed by atoms with Crippen molar-refractivity contribution in [1.29, 1.82) is 0 Å². The number of nitrogens with zero attached hydrogens (tertiary/aromatic N) is 4. The van der Waals surface area contributed by atoms with Gasteiger partial charge in [0, 0.05) is 18.7 Å². The molecular formula is C19H16N6O6S. The minimum atomic E-state index is -0.937. The van der Waals surface area contributed by atoms with E-state index >= 15 is 0 Å². The molecule has 0 aliphatic carbocycles. The Morgan fingerprint density at radius 2 is 1.88 bits per heavy atom. The van der Waals surface area contributed by atoms with Crippen molar-refractivity contribution in [3.05, 3.63) is 76.1 Å². The molecule has 1 aromatic heterocycles. The second kappa shape index (κ2) is 10.2. The van der Waals surface area contributed by atoms with Crippen molar-refractivity contribution in [1.82, 2.24) is 25.6 Å². The minimum Gasteiger partial charge on any atom is -0.452 e. The number of hydrazine groups is 1. The Morgan fingerprint density at radius 3 is 2.53 bits per heavy atom. The fourth-order valence-corrected chi connectivity index (χ4v) is 3.23. The summed E-state index contributed by atoms with van der Waals surface area (Å²) in [5.74, 6) is -2.27. The summed E-state index contributed by atoms with van der Waals surface area (Å²) < 4.78 is 6.46. The summed E-state index contributed by atoms with van der Waals surface area (Å²) in [5, 5.41) is 19.4. The van der Waals surface area contributed by atoms with Crippen LogP contribution in [0.3, 0.4) is 0 Å². The molecule has 0 atom stereocenters. The third kappa shape index (κ3) is 5.66. The Morgan fingerprint density at radius 1 is 1.12 bits per heavy atom. The first kappa shape index (κ1) is 22.4. The highest BCUT2D eigenvalue weighted by Gasteiger charge is 2.21. The van der Waals surface area contributed by atoms with Gasteiger partial charge in [-0.15, -0.1) is 10.2 Å². The van der Waals surface area contributed by atoms with Gasteiger partial charge in [0.2, 0.25) is 0 Å². The summed E-state index contributed by atoms with van der Waals surface area (Å²) in [6.45, 7) is -0.697. The number of nitrogens with one attached hydrogen (secondary N) is 2. The van der Waals surface area contributed by atoms with Crippen LogP contribution in [0.5, 0.6) is 0 Å². The van der Waals surface area contributed by atoms with E-state index < -0.39 is 29.3 Å². The van der Waals surface area contributed by atoms with E-state index in [0.717, 1.165) is 17.8 Å². The zero-order chi connectivity index (χ0) is 23.1. The van der Waals surface area contributed by atoms with E-state index in [1.54, 1.807) is 41.9 Å². The van der Waals surface area contributed by atoms with Crippen molar-refractivity contribution in [3.63, 3.8) is 0 Å². The third-order valence-corrected chi connectivity index (χ3v) is 5.07. The van der Waals surface area contributed by atoms with Gasteiger partial charge in [0.05, 0.1) is 15.4 Å². The highest BCUT2D eigenvalue weighted by Crippen LogP contribution is 2.34. The largest absolute Gasteiger partial charge is 0.452 e. The molecule has 2 amide bonds. The van der Waals surface area contributed by atoms with Crippen LogP contribution in [0.25, 0.3) is 0 Å². The second-order valence-corrected chi connectivity index (χ2v) is 7.22. The number of carbonyl (C=O) groups is 3. The lowest BCUT2D eigenvalue weighted by atomic mass is 10.2. The van der Waals surface area contributed by atoms with Crippen LogP contribution >= 0.6 is 11.8 Å². The van der Waals surface area contributed by atoms with Crippen LogP contribution < -0.4 is 10.9 Å². The number of carbonyl (C=O) groups excluding carboxylic acids is 3. The molecule has 1 heterocycles. The number of esters is 1. The Hall–Kier alpha value is -4.26. The summed E-state index contributed by atoms with van der Waals surface area (Å²) in [5.41, 5.74) is 4.19. The summed E-state index contributed by atoms with van der Waals surface area (Å²) in [7, 11) is 1.69. The molecule has 3 aromatic rings. The highest BCUT2D eigenvalue weighted by molar-refractivity contribution is 7.99. The smallest absolute Gasteiger partial charge is 0.338 e. The van der Waals surface area contributed by atoms with Gasteiger partial charge in [0.1, 0.15) is 6.33 Å². The van der Waals surface area contributed by atoms with Gasteiger partial charge in [-0.25, -0.2) is 4.79 Å². The van der Waals surface area contributed by atoms with E-state index in [1.165, 1.54) is 18.5 Å². The lowest BCUT2D eigenvalue weighted by Crippen LogP contribution is -2.43. The van der Waals surface area contributed by atoms with Gasteiger partial charge in [-0.1, -0.05) is 18.2 Å². The normalized spacial score (nSPS) is 10.3. The van der Waals surface area contributed by atoms with E-state index in [1.807, 2.05) is 0 Å². The van der Waals surface area contributed by atoms with Crippen LogP contribution in [-0.4, -0.2) is 44.1 Å². The van der Waals surface area contributed by atoms with Gasteiger partial charge in [0.15, 0.2) is 11.8 Å². The molecule has 0 unspecified atom stereocenters. The van der Waals surface area contributed by atoms with Gasteiger partial charge in [-0.2, -0.15) is 0 Å². The van der Waals surface area contributed by atoms with Crippen LogP contribution in [0.2, 0.25) is 0 Å². The van der Waals surface area contributed by atoms with Gasteiger partial charge in [-0.05, 0) is 36.0 Å². The van der Waals surface area contributed by atoms with Gasteiger partial charge < -0.3 is 9.30 Å². The maximum atomic E-state index is 12.2. The molecule has 2 N–H and O–H groups in total. The molecular weight excluding hydrogens is 440 g/mol. The number of aryl methyl sites for hydroxylation is 1. The van der Waals surface area contributed by atoms with E-state index in [4.69, 9.17) is 4.74 Å². The number of aromatic nitrogens is 3. The molecule has 32 heavy (non-hydrogen) atoms. The fourth-order valence-electron chi connectivity index (χ4n) is 2.38. The Bertz CT molecular complexity index is 1170. The molecule has 12 nitrogen and oxygen atoms in total. The zero-order valence-corrected chi connectivity index (χ0v) is 17.4. The van der Waals surface area contributed by atoms with Gasteiger partial charge >= 0.3 is 5.97 Å². The van der Waals surface area contributed by atoms with Gasteiger partial charge in [-0.3, -0.25) is 30.6 Å². The maximum absolute atomic E-state index is 12.2. The lowest BCUT2D eigenvalue weighted by Gasteiger charge is -2.09. The molecule has 0 aliphatic heterocycles. The predicted molar refractivity (Wildman–Crippen MR) is 111 cm³/mol. The monoisotopic (exact) mass is 456 g/mol. The van der Waals surface area contributed by atoms with Crippen LogP contribution in [-0.2, 0) is 16.6 Å². The van der Waals surface area contributed by atoms with Crippen molar-refractivity contribution in [2.45, 2.75) is 10.1 Å². The van der Waals surface area contributed by atoms with Crippen molar-refractivity contribution in [2.75, 3.05) is 6.61 Å². The lowest BCUT2D eigenvalue weighted by molar-refractivity contribution is -0.387. The first-order valence-corrected chi connectivity index (χ1v) is 9.78. The number of hydrogen-bond acceptors (Lipinski definition) is 9. The predicted octanol–water partition coefficient (Wildman–Crippen LogP) is 1.49. The molecule has 0 fully saturated rings. The fraction of sp³-hybridized carbons (Fsp3) is 0.105. The van der Waals surface area contributed by atoms with Crippen molar-refractivity contribution in [2.24, 2.45) is 7.05 Å².